The number of nitrogens with zero attached hydrogens (tertiary/aromatic N) is 1. The van der Waals surface area contributed by atoms with Gasteiger partial charge in [-0.05, 0) is 48.3 Å². The fourth-order valence-corrected chi connectivity index (χ4v) is 4.07. The van der Waals surface area contributed by atoms with E-state index in [2.05, 4.69) is 13.0 Å². The topological polar surface area (TPSA) is 20.3 Å². The Morgan fingerprint density at radius 3 is 2.61 bits per heavy atom. The highest BCUT2D eigenvalue weighted by atomic mass is 19.4. The summed E-state index contributed by atoms with van der Waals surface area (Å²) < 4.78 is 37.8. The molecule has 2 atom stereocenters. The fourth-order valence-electron chi connectivity index (χ4n) is 4.07. The first kappa shape index (κ1) is 15.0. The maximum atomic E-state index is 12.6. The summed E-state index contributed by atoms with van der Waals surface area (Å²) in [6.07, 6.45) is -1.37. The minimum absolute atomic E-state index is 0.128. The summed E-state index contributed by atoms with van der Waals surface area (Å²) in [4.78, 5) is 14.0. The summed E-state index contributed by atoms with van der Waals surface area (Å²) >= 11 is 0. The van der Waals surface area contributed by atoms with Crippen LogP contribution in [0.25, 0.3) is 0 Å². The molecule has 1 spiro atoms. The smallest absolute Gasteiger partial charge is 0.311 e. The van der Waals surface area contributed by atoms with E-state index in [0.29, 0.717) is 11.8 Å². The number of carbonyl (C=O) groups is 1. The third-order valence-electron chi connectivity index (χ3n) is 5.73. The standard InChI is InChI=1S/C18H20F3NO/c1-2-11-9-13(11)12-3-4-14-15(10-12)22(8-7-18(19,20)21)16(23)17(14)5-6-17/h3-4,10-11,13H,2,5-9H2,1H3/t11-,13-/m0/s1. The molecule has 0 bridgehead atoms. The van der Waals surface area contributed by atoms with Gasteiger partial charge in [-0.2, -0.15) is 13.2 Å². The Morgan fingerprint density at radius 2 is 2.04 bits per heavy atom. The Bertz CT molecular complexity index is 663. The summed E-state index contributed by atoms with van der Waals surface area (Å²) in [7, 11) is 0. The Morgan fingerprint density at radius 1 is 1.30 bits per heavy atom. The van der Waals surface area contributed by atoms with Gasteiger partial charge < -0.3 is 4.90 Å². The number of alkyl halides is 3. The average molecular weight is 323 g/mol. The van der Waals surface area contributed by atoms with Gasteiger partial charge in [0.1, 0.15) is 0 Å². The molecule has 4 rings (SSSR count). The van der Waals surface area contributed by atoms with Crippen LogP contribution in [0.15, 0.2) is 18.2 Å². The molecule has 2 fully saturated rings. The van der Waals surface area contributed by atoms with Crippen LogP contribution in [-0.4, -0.2) is 18.6 Å². The minimum Gasteiger partial charge on any atom is -0.311 e. The molecule has 1 aliphatic heterocycles. The van der Waals surface area contributed by atoms with E-state index in [1.165, 1.54) is 10.5 Å². The number of amides is 1. The van der Waals surface area contributed by atoms with Crippen LogP contribution in [-0.2, 0) is 10.2 Å². The molecule has 0 unspecified atom stereocenters. The summed E-state index contributed by atoms with van der Waals surface area (Å²) in [6.45, 7) is 1.90. The van der Waals surface area contributed by atoms with Crippen molar-refractivity contribution in [3.8, 4) is 0 Å². The van der Waals surface area contributed by atoms with E-state index >= 15 is 0 Å². The minimum atomic E-state index is -4.23. The van der Waals surface area contributed by atoms with E-state index in [1.807, 2.05) is 12.1 Å². The Hall–Kier alpha value is -1.52. The van der Waals surface area contributed by atoms with Crippen molar-refractivity contribution in [2.24, 2.45) is 5.92 Å². The van der Waals surface area contributed by atoms with E-state index < -0.39 is 18.0 Å². The summed E-state index contributed by atoms with van der Waals surface area (Å²) in [5.41, 5.74) is 2.35. The van der Waals surface area contributed by atoms with Gasteiger partial charge in [-0.15, -0.1) is 0 Å². The third-order valence-corrected chi connectivity index (χ3v) is 5.73. The molecule has 124 valence electrons. The summed E-state index contributed by atoms with van der Waals surface area (Å²) in [5, 5.41) is 0. The van der Waals surface area contributed by atoms with Crippen molar-refractivity contribution in [2.45, 2.75) is 56.5 Å². The van der Waals surface area contributed by atoms with Gasteiger partial charge in [0.25, 0.3) is 0 Å². The normalized spacial score (nSPS) is 27.5. The first-order valence-electron chi connectivity index (χ1n) is 8.39. The average Bonchev–Trinajstić information content (AvgIpc) is 3.38. The number of hydrogen-bond donors (Lipinski definition) is 0. The highest BCUT2D eigenvalue weighted by Gasteiger charge is 2.59. The molecule has 3 aliphatic rings. The van der Waals surface area contributed by atoms with Gasteiger partial charge in [0.15, 0.2) is 0 Å². The lowest BCUT2D eigenvalue weighted by atomic mass is 9.95. The van der Waals surface area contributed by atoms with E-state index in [-0.39, 0.29) is 12.5 Å². The summed E-state index contributed by atoms with van der Waals surface area (Å²) in [5.74, 6) is 1.07. The van der Waals surface area contributed by atoms with Gasteiger partial charge in [-0.25, -0.2) is 0 Å². The van der Waals surface area contributed by atoms with Crippen molar-refractivity contribution in [3.63, 3.8) is 0 Å². The van der Waals surface area contributed by atoms with Gasteiger partial charge in [0.05, 0.1) is 11.8 Å². The maximum Gasteiger partial charge on any atom is 0.390 e. The lowest BCUT2D eigenvalue weighted by Crippen LogP contribution is -2.34. The second-order valence-corrected chi connectivity index (χ2v) is 7.19. The molecule has 0 saturated heterocycles. The number of hydrogen-bond acceptors (Lipinski definition) is 1. The van der Waals surface area contributed by atoms with Crippen LogP contribution in [0.1, 0.15) is 56.1 Å². The van der Waals surface area contributed by atoms with Gasteiger partial charge in [-0.1, -0.05) is 25.5 Å². The first-order valence-corrected chi connectivity index (χ1v) is 8.39. The predicted molar refractivity (Wildman–Crippen MR) is 81.5 cm³/mol. The lowest BCUT2D eigenvalue weighted by molar-refractivity contribution is -0.133. The van der Waals surface area contributed by atoms with Crippen molar-refractivity contribution in [1.29, 1.82) is 0 Å². The van der Waals surface area contributed by atoms with Crippen LogP contribution >= 0.6 is 0 Å². The Balaban J connectivity index is 1.65. The third kappa shape index (κ3) is 2.36. The molecule has 1 amide bonds. The molecule has 2 saturated carbocycles. The van der Waals surface area contributed by atoms with Crippen LogP contribution in [0.5, 0.6) is 0 Å². The molecule has 1 heterocycles. The van der Waals surface area contributed by atoms with Gasteiger partial charge >= 0.3 is 6.18 Å². The van der Waals surface area contributed by atoms with Crippen molar-refractivity contribution >= 4 is 11.6 Å². The van der Waals surface area contributed by atoms with Crippen molar-refractivity contribution in [2.75, 3.05) is 11.4 Å². The SMILES string of the molecule is CC[C@H]1C[C@@H]1c1ccc2c(c1)N(CCC(F)(F)F)C(=O)C21CC1. The maximum absolute atomic E-state index is 12.6. The molecule has 2 nitrogen and oxygen atoms in total. The van der Waals surface area contributed by atoms with Crippen molar-refractivity contribution < 1.29 is 18.0 Å². The van der Waals surface area contributed by atoms with Crippen molar-refractivity contribution in [3.05, 3.63) is 29.3 Å². The molecule has 1 aromatic carbocycles. The summed E-state index contributed by atoms with van der Waals surface area (Å²) in [6, 6.07) is 6.06. The number of anilines is 1. The first-order chi connectivity index (χ1) is 10.9. The van der Waals surface area contributed by atoms with Crippen molar-refractivity contribution in [1.82, 2.24) is 0 Å². The van der Waals surface area contributed by atoms with E-state index in [9.17, 15) is 18.0 Å². The Labute approximate surface area is 133 Å². The van der Waals surface area contributed by atoms with Crippen LogP contribution in [0.2, 0.25) is 0 Å². The molecule has 2 aliphatic carbocycles. The Kier molecular flexibility index (Phi) is 3.10. The molecule has 23 heavy (non-hydrogen) atoms. The van der Waals surface area contributed by atoms with Gasteiger partial charge in [0.2, 0.25) is 5.91 Å². The predicted octanol–water partition coefficient (Wildman–Crippen LogP) is 4.53. The molecular formula is C18H20F3NO. The zero-order valence-electron chi connectivity index (χ0n) is 13.1. The quantitative estimate of drug-likeness (QED) is 0.797. The van der Waals surface area contributed by atoms with Crippen LogP contribution in [0.3, 0.4) is 0 Å². The number of halogens is 3. The molecule has 0 N–H and O–H groups in total. The number of rotatable bonds is 4. The lowest BCUT2D eigenvalue weighted by Gasteiger charge is -2.19. The van der Waals surface area contributed by atoms with Gasteiger partial charge in [0, 0.05) is 12.2 Å². The second kappa shape index (κ2) is 4.74. The number of fused-ring (bicyclic) bond motifs is 2. The highest BCUT2D eigenvalue weighted by Crippen LogP contribution is 2.59. The zero-order valence-corrected chi connectivity index (χ0v) is 13.1. The van der Waals surface area contributed by atoms with E-state index in [1.54, 1.807) is 0 Å². The number of carbonyl (C=O) groups excluding carboxylic acids is 1. The fraction of sp³-hybridized carbons (Fsp3) is 0.611. The second-order valence-electron chi connectivity index (χ2n) is 7.19. The highest BCUT2D eigenvalue weighted by molar-refractivity contribution is 6.10. The zero-order chi connectivity index (χ0) is 16.4. The number of benzene rings is 1. The monoisotopic (exact) mass is 323 g/mol. The molecule has 0 radical (unpaired) electrons. The van der Waals surface area contributed by atoms with E-state index in [0.717, 1.165) is 36.9 Å². The van der Waals surface area contributed by atoms with Gasteiger partial charge in [-0.3, -0.25) is 4.79 Å². The molecule has 1 aromatic rings. The van der Waals surface area contributed by atoms with Crippen LogP contribution in [0, 0.1) is 5.92 Å². The molecule has 0 aromatic heterocycles. The largest absolute Gasteiger partial charge is 0.390 e. The van der Waals surface area contributed by atoms with Crippen LogP contribution < -0.4 is 4.90 Å². The molecular weight excluding hydrogens is 303 g/mol. The van der Waals surface area contributed by atoms with E-state index in [4.69, 9.17) is 0 Å². The molecule has 5 heteroatoms. The van der Waals surface area contributed by atoms with Crippen LogP contribution in [0.4, 0.5) is 18.9 Å².